The maximum absolute atomic E-state index is 8.71. The molecular formula is C7H13N3O. The Morgan fingerprint density at radius 3 is 2.82 bits per heavy atom. The Morgan fingerprint density at radius 2 is 2.45 bits per heavy atom. The largest absolute Gasteiger partial charge is 0.394 e. The highest BCUT2D eigenvalue weighted by Crippen LogP contribution is 2.08. The van der Waals surface area contributed by atoms with E-state index in [0.717, 1.165) is 11.4 Å². The average molecular weight is 155 g/mol. The van der Waals surface area contributed by atoms with Gasteiger partial charge < -0.3 is 10.8 Å². The number of aliphatic hydroxyl groups is 1. The fourth-order valence-corrected chi connectivity index (χ4v) is 0.863. The summed E-state index contributed by atoms with van der Waals surface area (Å²) in [6.07, 6.45) is 0. The van der Waals surface area contributed by atoms with Crippen LogP contribution in [0.1, 0.15) is 17.4 Å². The van der Waals surface area contributed by atoms with Crippen molar-refractivity contribution in [2.24, 2.45) is 12.8 Å². The molecule has 3 N–H and O–H groups in total. The summed E-state index contributed by atoms with van der Waals surface area (Å²) in [5.41, 5.74) is 7.34. The Balaban J connectivity index is 2.88. The first-order chi connectivity index (χ1) is 5.15. The van der Waals surface area contributed by atoms with Crippen molar-refractivity contribution >= 4 is 0 Å². The fourth-order valence-electron chi connectivity index (χ4n) is 0.863. The van der Waals surface area contributed by atoms with E-state index < -0.39 is 0 Å². The van der Waals surface area contributed by atoms with Gasteiger partial charge in [0.15, 0.2) is 0 Å². The van der Waals surface area contributed by atoms with Crippen LogP contribution in [0.2, 0.25) is 0 Å². The van der Waals surface area contributed by atoms with Crippen molar-refractivity contribution in [3.63, 3.8) is 0 Å². The highest BCUT2D eigenvalue weighted by molar-refractivity contribution is 5.11. The van der Waals surface area contributed by atoms with Gasteiger partial charge in [0.25, 0.3) is 0 Å². The van der Waals surface area contributed by atoms with Crippen LogP contribution in [0.5, 0.6) is 0 Å². The summed E-state index contributed by atoms with van der Waals surface area (Å²) in [4.78, 5) is 0. The second-order valence-corrected chi connectivity index (χ2v) is 2.62. The van der Waals surface area contributed by atoms with Crippen molar-refractivity contribution in [1.29, 1.82) is 0 Å². The molecule has 0 amide bonds. The molecule has 1 atom stereocenters. The van der Waals surface area contributed by atoms with Crippen molar-refractivity contribution in [2.75, 3.05) is 6.61 Å². The van der Waals surface area contributed by atoms with Gasteiger partial charge in [-0.05, 0) is 13.0 Å². The summed E-state index contributed by atoms with van der Waals surface area (Å²) in [5.74, 6) is 0. The molecule has 62 valence electrons. The smallest absolute Gasteiger partial charge is 0.0817 e. The van der Waals surface area contributed by atoms with E-state index in [1.54, 1.807) is 4.68 Å². The van der Waals surface area contributed by atoms with E-state index in [0.29, 0.717) is 0 Å². The molecule has 1 heterocycles. The van der Waals surface area contributed by atoms with Gasteiger partial charge in [-0.3, -0.25) is 4.68 Å². The highest BCUT2D eigenvalue weighted by atomic mass is 16.3. The Hall–Kier alpha value is -0.870. The molecule has 0 aromatic carbocycles. The minimum Gasteiger partial charge on any atom is -0.394 e. The van der Waals surface area contributed by atoms with E-state index in [4.69, 9.17) is 10.8 Å². The lowest BCUT2D eigenvalue weighted by Gasteiger charge is -2.01. The monoisotopic (exact) mass is 155 g/mol. The van der Waals surface area contributed by atoms with Crippen molar-refractivity contribution < 1.29 is 5.11 Å². The Kier molecular flexibility index (Phi) is 2.26. The Labute approximate surface area is 65.6 Å². The van der Waals surface area contributed by atoms with Crippen LogP contribution in [0.3, 0.4) is 0 Å². The lowest BCUT2D eigenvalue weighted by molar-refractivity contribution is 0.265. The number of hydrogen-bond donors (Lipinski definition) is 2. The molecule has 0 aliphatic heterocycles. The van der Waals surface area contributed by atoms with Crippen LogP contribution in [0.25, 0.3) is 0 Å². The maximum Gasteiger partial charge on any atom is 0.0817 e. The molecular weight excluding hydrogens is 142 g/mol. The van der Waals surface area contributed by atoms with E-state index >= 15 is 0 Å². The van der Waals surface area contributed by atoms with E-state index in [1.807, 2.05) is 20.0 Å². The zero-order valence-electron chi connectivity index (χ0n) is 6.78. The molecule has 0 saturated carbocycles. The Morgan fingerprint density at radius 1 is 1.82 bits per heavy atom. The molecule has 1 aromatic rings. The Bertz CT molecular complexity index is 224. The third-order valence-electron chi connectivity index (χ3n) is 1.71. The first-order valence-corrected chi connectivity index (χ1v) is 3.52. The van der Waals surface area contributed by atoms with Crippen molar-refractivity contribution in [3.8, 4) is 0 Å². The van der Waals surface area contributed by atoms with Crippen LogP contribution >= 0.6 is 0 Å². The highest BCUT2D eigenvalue weighted by Gasteiger charge is 2.08. The van der Waals surface area contributed by atoms with Gasteiger partial charge in [0.1, 0.15) is 0 Å². The minimum absolute atomic E-state index is 0.0591. The van der Waals surface area contributed by atoms with E-state index in [9.17, 15) is 0 Å². The number of hydrogen-bond acceptors (Lipinski definition) is 3. The van der Waals surface area contributed by atoms with Crippen LogP contribution in [-0.2, 0) is 7.05 Å². The topological polar surface area (TPSA) is 64.1 Å². The number of nitrogens with zero attached hydrogens (tertiary/aromatic N) is 2. The van der Waals surface area contributed by atoms with Crippen molar-refractivity contribution in [2.45, 2.75) is 13.0 Å². The zero-order chi connectivity index (χ0) is 8.43. The number of aryl methyl sites for hydroxylation is 2. The lowest BCUT2D eigenvalue weighted by atomic mass is 10.2. The number of aromatic nitrogens is 2. The van der Waals surface area contributed by atoms with Gasteiger partial charge in [0, 0.05) is 12.7 Å². The summed E-state index contributed by atoms with van der Waals surface area (Å²) in [7, 11) is 1.85. The third-order valence-corrected chi connectivity index (χ3v) is 1.71. The van der Waals surface area contributed by atoms with Gasteiger partial charge in [-0.15, -0.1) is 0 Å². The first kappa shape index (κ1) is 8.23. The van der Waals surface area contributed by atoms with Crippen LogP contribution in [0, 0.1) is 6.92 Å². The van der Waals surface area contributed by atoms with Crippen molar-refractivity contribution in [1.82, 2.24) is 9.78 Å². The third kappa shape index (κ3) is 1.58. The molecule has 11 heavy (non-hydrogen) atoms. The van der Waals surface area contributed by atoms with Crippen LogP contribution < -0.4 is 5.73 Å². The predicted molar refractivity (Wildman–Crippen MR) is 42.0 cm³/mol. The normalized spacial score (nSPS) is 13.5. The van der Waals surface area contributed by atoms with Gasteiger partial charge in [-0.25, -0.2) is 0 Å². The van der Waals surface area contributed by atoms with Gasteiger partial charge in [-0.2, -0.15) is 5.10 Å². The second-order valence-electron chi connectivity index (χ2n) is 2.62. The summed E-state index contributed by atoms with van der Waals surface area (Å²) >= 11 is 0. The quantitative estimate of drug-likeness (QED) is 0.617. The first-order valence-electron chi connectivity index (χ1n) is 3.52. The minimum atomic E-state index is -0.352. The second kappa shape index (κ2) is 3.02. The van der Waals surface area contributed by atoms with Gasteiger partial charge in [0.05, 0.1) is 18.3 Å². The van der Waals surface area contributed by atoms with Crippen LogP contribution in [-0.4, -0.2) is 21.5 Å². The molecule has 0 radical (unpaired) electrons. The molecule has 0 aliphatic carbocycles. The van der Waals surface area contributed by atoms with E-state index in [2.05, 4.69) is 5.10 Å². The zero-order valence-corrected chi connectivity index (χ0v) is 6.78. The standard InChI is InChI=1S/C7H13N3O/c1-5-3-7(6(8)4-11)9-10(5)2/h3,6,11H,4,8H2,1-2H3/t6-/m1/s1. The fraction of sp³-hybridized carbons (Fsp3) is 0.571. The van der Waals surface area contributed by atoms with Gasteiger partial charge in [-0.1, -0.05) is 0 Å². The SMILES string of the molecule is Cc1cc([C@H](N)CO)nn1C. The molecule has 1 aromatic heterocycles. The molecule has 1 rings (SSSR count). The molecule has 0 saturated heterocycles. The average Bonchev–Trinajstić information content (AvgIpc) is 2.31. The van der Waals surface area contributed by atoms with Crippen LogP contribution in [0.4, 0.5) is 0 Å². The molecule has 0 bridgehead atoms. The lowest BCUT2D eigenvalue weighted by Crippen LogP contribution is -2.15. The van der Waals surface area contributed by atoms with E-state index in [1.165, 1.54) is 0 Å². The summed E-state index contributed by atoms with van der Waals surface area (Å²) in [5, 5.41) is 12.8. The van der Waals surface area contributed by atoms with Gasteiger partial charge in [0.2, 0.25) is 0 Å². The number of rotatable bonds is 2. The predicted octanol–water partition coefficient (Wildman–Crippen LogP) is -0.279. The molecule has 0 fully saturated rings. The van der Waals surface area contributed by atoms with Gasteiger partial charge >= 0.3 is 0 Å². The summed E-state index contributed by atoms with van der Waals surface area (Å²) in [6, 6.07) is 1.52. The summed E-state index contributed by atoms with van der Waals surface area (Å²) in [6.45, 7) is 1.89. The molecule has 0 unspecified atom stereocenters. The number of aliphatic hydroxyl groups excluding tert-OH is 1. The van der Waals surface area contributed by atoms with E-state index in [-0.39, 0.29) is 12.6 Å². The number of nitrogens with two attached hydrogens (primary N) is 1. The maximum atomic E-state index is 8.71. The molecule has 0 spiro atoms. The molecule has 0 aliphatic rings. The van der Waals surface area contributed by atoms with Crippen LogP contribution in [0.15, 0.2) is 6.07 Å². The summed E-state index contributed by atoms with van der Waals surface area (Å²) < 4.78 is 1.74. The molecule has 4 heteroatoms. The molecule has 4 nitrogen and oxygen atoms in total. The van der Waals surface area contributed by atoms with Crippen molar-refractivity contribution in [3.05, 3.63) is 17.5 Å².